The Morgan fingerprint density at radius 2 is 1.75 bits per heavy atom. The fraction of sp³-hybridized carbons (Fsp3) is 0.300. The molecule has 0 radical (unpaired) electrons. The van der Waals surface area contributed by atoms with Crippen molar-refractivity contribution in [2.24, 2.45) is 0 Å². The van der Waals surface area contributed by atoms with E-state index in [0.717, 1.165) is 17.7 Å². The third-order valence-electron chi connectivity index (χ3n) is 5.21. The standard InChI is InChI=1S/C20H20FN3O3S/c1-14-2-7-19-18(12-14)20(25)24(13-22-19)16-8-10-23(11-9-16)28(26,27)17-5-3-15(21)4-6-17/h2-7,12-13,16H,8-11H2,1H3. The molecule has 1 aromatic heterocycles. The number of hydrogen-bond acceptors (Lipinski definition) is 4. The number of halogens is 1. The van der Waals surface area contributed by atoms with Crippen LogP contribution in [0.3, 0.4) is 0 Å². The predicted molar refractivity (Wildman–Crippen MR) is 104 cm³/mol. The molecule has 0 atom stereocenters. The van der Waals surface area contributed by atoms with Crippen LogP contribution in [-0.4, -0.2) is 35.4 Å². The van der Waals surface area contributed by atoms with Crippen molar-refractivity contribution in [3.63, 3.8) is 0 Å². The molecule has 146 valence electrons. The first-order valence-electron chi connectivity index (χ1n) is 9.09. The first-order valence-corrected chi connectivity index (χ1v) is 10.5. The fourth-order valence-electron chi connectivity index (χ4n) is 3.63. The summed E-state index contributed by atoms with van der Waals surface area (Å²) in [6.07, 6.45) is 2.58. The number of rotatable bonds is 3. The van der Waals surface area contributed by atoms with E-state index in [2.05, 4.69) is 4.98 Å². The van der Waals surface area contributed by atoms with E-state index in [0.29, 0.717) is 36.8 Å². The first-order chi connectivity index (χ1) is 13.4. The zero-order valence-corrected chi connectivity index (χ0v) is 16.2. The Labute approximate surface area is 162 Å². The summed E-state index contributed by atoms with van der Waals surface area (Å²) in [5.74, 6) is -0.476. The maximum Gasteiger partial charge on any atom is 0.261 e. The van der Waals surface area contributed by atoms with Crippen molar-refractivity contribution in [3.8, 4) is 0 Å². The van der Waals surface area contributed by atoms with Gasteiger partial charge < -0.3 is 0 Å². The van der Waals surface area contributed by atoms with Gasteiger partial charge in [-0.3, -0.25) is 9.36 Å². The summed E-state index contributed by atoms with van der Waals surface area (Å²) in [6.45, 7) is 2.51. The van der Waals surface area contributed by atoms with Crippen molar-refractivity contribution in [2.75, 3.05) is 13.1 Å². The van der Waals surface area contributed by atoms with Gasteiger partial charge in [-0.15, -0.1) is 0 Å². The van der Waals surface area contributed by atoms with Gasteiger partial charge in [-0.1, -0.05) is 11.6 Å². The molecule has 28 heavy (non-hydrogen) atoms. The van der Waals surface area contributed by atoms with Gasteiger partial charge >= 0.3 is 0 Å². The second-order valence-electron chi connectivity index (χ2n) is 7.07. The highest BCUT2D eigenvalue weighted by atomic mass is 32.2. The SMILES string of the molecule is Cc1ccc2ncn(C3CCN(S(=O)(=O)c4ccc(F)cc4)CC3)c(=O)c2c1. The Hall–Kier alpha value is -2.58. The highest BCUT2D eigenvalue weighted by Crippen LogP contribution is 2.26. The van der Waals surface area contributed by atoms with Gasteiger partial charge in [0.2, 0.25) is 10.0 Å². The van der Waals surface area contributed by atoms with Crippen LogP contribution in [0, 0.1) is 12.7 Å². The van der Waals surface area contributed by atoms with Crippen molar-refractivity contribution in [1.82, 2.24) is 13.9 Å². The van der Waals surface area contributed by atoms with E-state index in [1.54, 1.807) is 10.9 Å². The maximum absolute atomic E-state index is 13.1. The Morgan fingerprint density at radius 1 is 1.07 bits per heavy atom. The summed E-state index contributed by atoms with van der Waals surface area (Å²) in [6, 6.07) is 10.3. The molecular formula is C20H20FN3O3S. The minimum atomic E-state index is -3.67. The number of aryl methyl sites for hydroxylation is 1. The summed E-state index contributed by atoms with van der Waals surface area (Å²) in [5.41, 5.74) is 1.54. The second-order valence-corrected chi connectivity index (χ2v) is 9.00. The van der Waals surface area contributed by atoms with Gasteiger partial charge in [-0.25, -0.2) is 17.8 Å². The third-order valence-corrected chi connectivity index (χ3v) is 7.12. The van der Waals surface area contributed by atoms with Gasteiger partial charge in [-0.2, -0.15) is 4.31 Å². The van der Waals surface area contributed by atoms with Crippen LogP contribution in [0.1, 0.15) is 24.4 Å². The summed E-state index contributed by atoms with van der Waals surface area (Å²) < 4.78 is 41.6. The Bertz CT molecular complexity index is 1180. The molecule has 2 heterocycles. The number of piperidine rings is 1. The van der Waals surface area contributed by atoms with E-state index >= 15 is 0 Å². The lowest BCUT2D eigenvalue weighted by molar-refractivity contribution is 0.269. The lowest BCUT2D eigenvalue weighted by Gasteiger charge is -2.32. The minimum absolute atomic E-state index is 0.0763. The highest BCUT2D eigenvalue weighted by Gasteiger charge is 2.30. The molecule has 1 aliphatic rings. The molecular weight excluding hydrogens is 381 g/mol. The Morgan fingerprint density at radius 3 is 2.43 bits per heavy atom. The average Bonchev–Trinajstić information content (AvgIpc) is 2.69. The molecule has 1 aliphatic heterocycles. The first kappa shape index (κ1) is 18.8. The summed E-state index contributed by atoms with van der Waals surface area (Å²) in [4.78, 5) is 17.3. The molecule has 0 saturated carbocycles. The number of benzene rings is 2. The van der Waals surface area contributed by atoms with Crippen molar-refractivity contribution >= 4 is 20.9 Å². The fourth-order valence-corrected chi connectivity index (χ4v) is 5.10. The number of sulfonamides is 1. The van der Waals surface area contributed by atoms with Gasteiger partial charge in [0, 0.05) is 19.1 Å². The molecule has 0 unspecified atom stereocenters. The molecule has 0 aliphatic carbocycles. The smallest absolute Gasteiger partial charge is 0.261 e. The van der Waals surface area contributed by atoms with Crippen LogP contribution in [0.5, 0.6) is 0 Å². The predicted octanol–water partition coefficient (Wildman–Crippen LogP) is 2.87. The molecule has 3 aromatic rings. The van der Waals surface area contributed by atoms with Crippen molar-refractivity contribution in [2.45, 2.75) is 30.7 Å². The largest absolute Gasteiger partial charge is 0.296 e. The highest BCUT2D eigenvalue weighted by molar-refractivity contribution is 7.89. The molecule has 2 aromatic carbocycles. The molecule has 1 saturated heterocycles. The third kappa shape index (κ3) is 3.33. The molecule has 8 heteroatoms. The van der Waals surface area contributed by atoms with E-state index in [-0.39, 0.29) is 16.5 Å². The minimum Gasteiger partial charge on any atom is -0.296 e. The van der Waals surface area contributed by atoms with Crippen molar-refractivity contribution < 1.29 is 12.8 Å². The lowest BCUT2D eigenvalue weighted by Crippen LogP contribution is -2.40. The number of fused-ring (bicyclic) bond motifs is 1. The van der Waals surface area contributed by atoms with E-state index in [9.17, 15) is 17.6 Å². The van der Waals surface area contributed by atoms with E-state index in [4.69, 9.17) is 0 Å². The van der Waals surface area contributed by atoms with Crippen LogP contribution >= 0.6 is 0 Å². The van der Waals surface area contributed by atoms with Gasteiger partial charge in [0.1, 0.15) is 5.82 Å². The monoisotopic (exact) mass is 401 g/mol. The molecule has 0 bridgehead atoms. The van der Waals surface area contributed by atoms with Gasteiger partial charge in [0.25, 0.3) is 5.56 Å². The summed E-state index contributed by atoms with van der Waals surface area (Å²) >= 11 is 0. The number of nitrogens with zero attached hydrogens (tertiary/aromatic N) is 3. The van der Waals surface area contributed by atoms with Crippen LogP contribution in [0.4, 0.5) is 4.39 Å². The molecule has 0 N–H and O–H groups in total. The molecule has 4 rings (SSSR count). The van der Waals surface area contributed by atoms with Crippen LogP contribution in [0.2, 0.25) is 0 Å². The average molecular weight is 401 g/mol. The van der Waals surface area contributed by atoms with E-state index < -0.39 is 15.8 Å². The van der Waals surface area contributed by atoms with Gasteiger partial charge in [-0.05, 0) is 56.2 Å². The summed E-state index contributed by atoms with van der Waals surface area (Å²) in [7, 11) is -3.67. The second kappa shape index (κ2) is 7.10. The van der Waals surface area contributed by atoms with Crippen LogP contribution in [0.25, 0.3) is 10.9 Å². The van der Waals surface area contributed by atoms with Gasteiger partial charge in [0.15, 0.2) is 0 Å². The van der Waals surface area contributed by atoms with Crippen LogP contribution < -0.4 is 5.56 Å². The van der Waals surface area contributed by atoms with Crippen molar-refractivity contribution in [3.05, 3.63) is 70.5 Å². The molecule has 1 fully saturated rings. The maximum atomic E-state index is 13.1. The topological polar surface area (TPSA) is 72.3 Å². The zero-order chi connectivity index (χ0) is 19.9. The number of hydrogen-bond donors (Lipinski definition) is 0. The van der Waals surface area contributed by atoms with Crippen molar-refractivity contribution in [1.29, 1.82) is 0 Å². The Kier molecular flexibility index (Phi) is 4.76. The van der Waals surface area contributed by atoms with Crippen LogP contribution in [0.15, 0.2) is 58.5 Å². The van der Waals surface area contributed by atoms with Crippen LogP contribution in [-0.2, 0) is 10.0 Å². The van der Waals surface area contributed by atoms with Gasteiger partial charge in [0.05, 0.1) is 22.1 Å². The summed E-state index contributed by atoms with van der Waals surface area (Å²) in [5, 5.41) is 0.573. The molecule has 0 spiro atoms. The Balaban J connectivity index is 1.56. The number of aromatic nitrogens is 2. The zero-order valence-electron chi connectivity index (χ0n) is 15.4. The molecule has 0 amide bonds. The normalized spacial score (nSPS) is 16.5. The molecule has 6 nitrogen and oxygen atoms in total. The quantitative estimate of drug-likeness (QED) is 0.677. The lowest BCUT2D eigenvalue weighted by atomic mass is 10.1. The van der Waals surface area contributed by atoms with E-state index in [1.807, 2.05) is 25.1 Å². The van der Waals surface area contributed by atoms with E-state index in [1.165, 1.54) is 16.4 Å².